The Morgan fingerprint density at radius 1 is 1.47 bits per heavy atom. The van der Waals surface area contributed by atoms with Crippen molar-refractivity contribution in [2.75, 3.05) is 26.5 Å². The molecule has 2 rings (SSSR count). The van der Waals surface area contributed by atoms with Crippen LogP contribution in [0.5, 0.6) is 0 Å². The third-order valence-corrected chi connectivity index (χ3v) is 2.47. The minimum atomic E-state index is 0.301. The van der Waals surface area contributed by atoms with Gasteiger partial charge in [0, 0.05) is 19.5 Å². The molecule has 0 aliphatic carbocycles. The van der Waals surface area contributed by atoms with E-state index in [9.17, 15) is 0 Å². The molecule has 84 valence electrons. The Bertz CT molecular complexity index is 255. The molecule has 0 aromatic carbocycles. The van der Waals surface area contributed by atoms with Gasteiger partial charge in [-0.25, -0.2) is 0 Å². The standard InChI is InChI=1S/C11H17NO3/c1-2-10(14-6-1)3-5-12-8-11-4-7-13-9-15-11/h1-2,6,11-12H,3-5,7-9H2. The van der Waals surface area contributed by atoms with Crippen LogP contribution in [-0.2, 0) is 15.9 Å². The first-order valence-electron chi connectivity index (χ1n) is 5.37. The van der Waals surface area contributed by atoms with E-state index in [0.717, 1.165) is 38.3 Å². The number of nitrogens with one attached hydrogen (secondary N) is 1. The van der Waals surface area contributed by atoms with Crippen molar-refractivity contribution in [3.63, 3.8) is 0 Å². The van der Waals surface area contributed by atoms with Gasteiger partial charge in [-0.3, -0.25) is 0 Å². The van der Waals surface area contributed by atoms with Crippen molar-refractivity contribution in [1.29, 1.82) is 0 Å². The molecule has 4 heteroatoms. The van der Waals surface area contributed by atoms with Crippen LogP contribution in [0, 0.1) is 0 Å². The summed E-state index contributed by atoms with van der Waals surface area (Å²) in [6.45, 7) is 3.06. The first-order chi connectivity index (χ1) is 7.45. The van der Waals surface area contributed by atoms with Gasteiger partial charge < -0.3 is 19.2 Å². The Kier molecular flexibility index (Phi) is 4.20. The quantitative estimate of drug-likeness (QED) is 0.743. The molecule has 1 N–H and O–H groups in total. The zero-order chi connectivity index (χ0) is 10.3. The van der Waals surface area contributed by atoms with E-state index in [-0.39, 0.29) is 0 Å². The summed E-state index contributed by atoms with van der Waals surface area (Å²) in [4.78, 5) is 0. The van der Waals surface area contributed by atoms with Crippen LogP contribution in [0.2, 0.25) is 0 Å². The van der Waals surface area contributed by atoms with Gasteiger partial charge in [0.15, 0.2) is 0 Å². The predicted octanol–water partition coefficient (Wildman–Crippen LogP) is 1.17. The van der Waals surface area contributed by atoms with E-state index < -0.39 is 0 Å². The Balaban J connectivity index is 1.54. The van der Waals surface area contributed by atoms with Crippen molar-refractivity contribution in [3.05, 3.63) is 24.2 Å². The molecule has 0 radical (unpaired) electrons. The van der Waals surface area contributed by atoms with Crippen molar-refractivity contribution >= 4 is 0 Å². The third-order valence-electron chi connectivity index (χ3n) is 2.47. The second-order valence-electron chi connectivity index (χ2n) is 3.64. The van der Waals surface area contributed by atoms with Crippen LogP contribution < -0.4 is 5.32 Å². The summed E-state index contributed by atoms with van der Waals surface area (Å²) in [6, 6.07) is 3.91. The Hall–Kier alpha value is -0.840. The molecule has 1 unspecified atom stereocenters. The lowest BCUT2D eigenvalue weighted by molar-refractivity contribution is -0.137. The first-order valence-corrected chi connectivity index (χ1v) is 5.37. The molecule has 0 bridgehead atoms. The lowest BCUT2D eigenvalue weighted by Crippen LogP contribution is -2.34. The summed E-state index contributed by atoms with van der Waals surface area (Å²) in [7, 11) is 0. The molecule has 1 saturated heterocycles. The fraction of sp³-hybridized carbons (Fsp3) is 0.636. The maximum Gasteiger partial charge on any atom is 0.147 e. The molecule has 2 heterocycles. The van der Waals surface area contributed by atoms with Crippen LogP contribution in [0.3, 0.4) is 0 Å². The van der Waals surface area contributed by atoms with E-state index in [1.165, 1.54) is 0 Å². The van der Waals surface area contributed by atoms with E-state index in [1.54, 1.807) is 6.26 Å². The zero-order valence-corrected chi connectivity index (χ0v) is 8.78. The molecule has 4 nitrogen and oxygen atoms in total. The van der Waals surface area contributed by atoms with E-state index in [1.807, 2.05) is 12.1 Å². The van der Waals surface area contributed by atoms with E-state index >= 15 is 0 Å². The highest BCUT2D eigenvalue weighted by Gasteiger charge is 2.12. The highest BCUT2D eigenvalue weighted by Crippen LogP contribution is 2.04. The highest BCUT2D eigenvalue weighted by molar-refractivity contribution is 4.98. The van der Waals surface area contributed by atoms with Crippen LogP contribution in [0.15, 0.2) is 22.8 Å². The number of rotatable bonds is 5. The van der Waals surface area contributed by atoms with Gasteiger partial charge >= 0.3 is 0 Å². The summed E-state index contributed by atoms with van der Waals surface area (Å²) in [6.07, 6.45) is 3.91. The molecule has 1 aliphatic heterocycles. The second-order valence-corrected chi connectivity index (χ2v) is 3.64. The molecular weight excluding hydrogens is 194 g/mol. The minimum Gasteiger partial charge on any atom is -0.469 e. The van der Waals surface area contributed by atoms with Crippen LogP contribution >= 0.6 is 0 Å². The molecule has 1 atom stereocenters. The summed E-state index contributed by atoms with van der Waals surface area (Å²) < 4.78 is 15.7. The summed E-state index contributed by atoms with van der Waals surface area (Å²) >= 11 is 0. The first kappa shape index (κ1) is 10.7. The monoisotopic (exact) mass is 211 g/mol. The third kappa shape index (κ3) is 3.66. The fourth-order valence-electron chi connectivity index (χ4n) is 1.59. The normalized spacial score (nSPS) is 21.7. The number of ether oxygens (including phenoxy) is 2. The average molecular weight is 211 g/mol. The minimum absolute atomic E-state index is 0.301. The van der Waals surface area contributed by atoms with Gasteiger partial charge in [-0.05, 0) is 18.6 Å². The van der Waals surface area contributed by atoms with E-state index in [4.69, 9.17) is 13.9 Å². The average Bonchev–Trinajstić information content (AvgIpc) is 2.79. The zero-order valence-electron chi connectivity index (χ0n) is 8.78. The van der Waals surface area contributed by atoms with E-state index in [0.29, 0.717) is 12.9 Å². The van der Waals surface area contributed by atoms with Crippen LogP contribution in [0.1, 0.15) is 12.2 Å². The molecule has 0 saturated carbocycles. The molecular formula is C11H17NO3. The van der Waals surface area contributed by atoms with Crippen molar-refractivity contribution in [3.8, 4) is 0 Å². The van der Waals surface area contributed by atoms with Gasteiger partial charge in [-0.1, -0.05) is 0 Å². The fourth-order valence-corrected chi connectivity index (χ4v) is 1.59. The van der Waals surface area contributed by atoms with Crippen LogP contribution in [0.4, 0.5) is 0 Å². The smallest absolute Gasteiger partial charge is 0.147 e. The van der Waals surface area contributed by atoms with Crippen molar-refractivity contribution in [2.45, 2.75) is 18.9 Å². The molecule has 1 aromatic rings. The second kappa shape index (κ2) is 5.90. The van der Waals surface area contributed by atoms with Crippen LogP contribution in [-0.4, -0.2) is 32.6 Å². The number of hydrogen-bond acceptors (Lipinski definition) is 4. The van der Waals surface area contributed by atoms with Gasteiger partial charge in [-0.15, -0.1) is 0 Å². The molecule has 0 spiro atoms. The molecule has 15 heavy (non-hydrogen) atoms. The lowest BCUT2D eigenvalue weighted by atomic mass is 10.2. The molecule has 0 amide bonds. The Morgan fingerprint density at radius 2 is 2.47 bits per heavy atom. The largest absolute Gasteiger partial charge is 0.469 e. The molecule has 1 aromatic heterocycles. The van der Waals surface area contributed by atoms with Crippen LogP contribution in [0.25, 0.3) is 0 Å². The molecule has 1 aliphatic rings. The summed E-state index contributed by atoms with van der Waals surface area (Å²) in [5, 5.41) is 3.35. The summed E-state index contributed by atoms with van der Waals surface area (Å²) in [5.74, 6) is 1.02. The van der Waals surface area contributed by atoms with Gasteiger partial charge in [0.1, 0.15) is 12.6 Å². The van der Waals surface area contributed by atoms with Gasteiger partial charge in [0.2, 0.25) is 0 Å². The van der Waals surface area contributed by atoms with Gasteiger partial charge in [0.05, 0.1) is 19.0 Å². The van der Waals surface area contributed by atoms with Crippen molar-refractivity contribution < 1.29 is 13.9 Å². The highest BCUT2D eigenvalue weighted by atomic mass is 16.7. The number of hydrogen-bond donors (Lipinski definition) is 1. The molecule has 1 fully saturated rings. The Morgan fingerprint density at radius 3 is 3.20 bits per heavy atom. The lowest BCUT2D eigenvalue weighted by Gasteiger charge is -2.22. The van der Waals surface area contributed by atoms with Crippen molar-refractivity contribution in [2.24, 2.45) is 0 Å². The van der Waals surface area contributed by atoms with E-state index in [2.05, 4.69) is 5.32 Å². The maximum atomic E-state index is 5.41. The summed E-state index contributed by atoms with van der Waals surface area (Å²) in [5.41, 5.74) is 0. The van der Waals surface area contributed by atoms with Gasteiger partial charge in [0.25, 0.3) is 0 Å². The maximum absolute atomic E-state index is 5.41. The topological polar surface area (TPSA) is 43.6 Å². The Labute approximate surface area is 89.6 Å². The number of furan rings is 1. The van der Waals surface area contributed by atoms with Gasteiger partial charge in [-0.2, -0.15) is 0 Å². The predicted molar refractivity (Wildman–Crippen MR) is 55.6 cm³/mol. The SMILES string of the molecule is c1coc(CCNCC2CCOCO2)c1. The van der Waals surface area contributed by atoms with Crippen molar-refractivity contribution in [1.82, 2.24) is 5.32 Å².